The molecule has 3 rings (SSSR count). The Hall–Kier alpha value is -1.96. The van der Waals surface area contributed by atoms with Crippen molar-refractivity contribution >= 4 is 0 Å². The maximum absolute atomic E-state index is 11.0. The van der Waals surface area contributed by atoms with E-state index in [4.69, 9.17) is 14.2 Å². The summed E-state index contributed by atoms with van der Waals surface area (Å²) in [6.07, 6.45) is 0. The van der Waals surface area contributed by atoms with E-state index >= 15 is 0 Å². The van der Waals surface area contributed by atoms with Gasteiger partial charge in [0.05, 0.1) is 5.56 Å². The van der Waals surface area contributed by atoms with Crippen LogP contribution in [0.4, 0.5) is 0 Å². The quantitative estimate of drug-likeness (QED) is 0.733. The van der Waals surface area contributed by atoms with Gasteiger partial charge in [-0.15, -0.1) is 0 Å². The number of fused-ring (bicyclic) bond motifs is 1. The van der Waals surface area contributed by atoms with Crippen molar-refractivity contribution in [2.45, 2.75) is 17.4 Å². The van der Waals surface area contributed by atoms with Crippen molar-refractivity contribution in [3.8, 4) is 5.75 Å². The molecule has 3 N–H and O–H groups in total. The Balaban J connectivity index is 2.30. The minimum atomic E-state index is -2.92. The highest BCUT2D eigenvalue weighted by Gasteiger charge is 2.71. The number of para-hydroxylation sites is 1. The van der Waals surface area contributed by atoms with E-state index in [2.05, 4.69) is 0 Å². The molecule has 0 aromatic heterocycles. The Morgan fingerprint density at radius 1 is 0.826 bits per heavy atom. The molecule has 0 fully saturated rings. The first-order chi connectivity index (χ1) is 10.9. The summed E-state index contributed by atoms with van der Waals surface area (Å²) in [5.74, 6) is -7.22. The highest BCUT2D eigenvalue weighted by Crippen LogP contribution is 2.53. The number of methoxy groups -OCH3 is 2. The fourth-order valence-corrected chi connectivity index (χ4v) is 2.98. The van der Waals surface area contributed by atoms with Gasteiger partial charge >= 0.3 is 0 Å². The lowest BCUT2D eigenvalue weighted by molar-refractivity contribution is -0.476. The molecule has 23 heavy (non-hydrogen) atoms. The third-order valence-electron chi connectivity index (χ3n) is 4.17. The summed E-state index contributed by atoms with van der Waals surface area (Å²) in [5, 5.41) is 32.7. The largest absolute Gasteiger partial charge is 0.452 e. The fraction of sp³-hybridized carbons (Fsp3) is 0.294. The van der Waals surface area contributed by atoms with Gasteiger partial charge in [-0.05, 0) is 12.1 Å². The molecule has 2 aromatic carbocycles. The van der Waals surface area contributed by atoms with Crippen LogP contribution in [0.3, 0.4) is 0 Å². The molecule has 1 aliphatic heterocycles. The predicted octanol–water partition coefficient (Wildman–Crippen LogP) is 1.05. The first kappa shape index (κ1) is 15.9. The van der Waals surface area contributed by atoms with Crippen LogP contribution in [-0.2, 0) is 21.0 Å². The summed E-state index contributed by atoms with van der Waals surface area (Å²) in [4.78, 5) is 0. The summed E-state index contributed by atoms with van der Waals surface area (Å²) in [6, 6.07) is 14.6. The number of hydrogen-bond donors (Lipinski definition) is 3. The number of aliphatic hydroxyl groups is 3. The van der Waals surface area contributed by atoms with E-state index in [9.17, 15) is 15.3 Å². The zero-order valence-electron chi connectivity index (χ0n) is 12.8. The zero-order valence-corrected chi connectivity index (χ0v) is 12.8. The van der Waals surface area contributed by atoms with Crippen molar-refractivity contribution in [1.82, 2.24) is 0 Å². The molecule has 0 radical (unpaired) electrons. The number of ether oxygens (including phenoxy) is 3. The Labute approximate surface area is 133 Å². The lowest BCUT2D eigenvalue weighted by Gasteiger charge is -2.52. The van der Waals surface area contributed by atoms with Crippen LogP contribution in [0.1, 0.15) is 11.1 Å². The molecule has 2 aromatic rings. The SMILES string of the molecule is COC1(OC)c2ccccc2OC(O)(c2ccccc2)C1(O)O. The lowest BCUT2D eigenvalue weighted by atomic mass is 9.83. The van der Waals surface area contributed by atoms with E-state index in [-0.39, 0.29) is 16.9 Å². The Bertz CT molecular complexity index is 695. The lowest BCUT2D eigenvalue weighted by Crippen LogP contribution is -2.70. The van der Waals surface area contributed by atoms with Gasteiger partial charge in [0.15, 0.2) is 0 Å². The maximum Gasteiger partial charge on any atom is 0.296 e. The molecule has 0 spiro atoms. The third kappa shape index (κ3) is 1.94. The second-order valence-electron chi connectivity index (χ2n) is 5.31. The van der Waals surface area contributed by atoms with Crippen molar-refractivity contribution in [3.05, 3.63) is 65.7 Å². The Kier molecular flexibility index (Phi) is 3.66. The van der Waals surface area contributed by atoms with E-state index < -0.39 is 17.4 Å². The van der Waals surface area contributed by atoms with Crippen LogP contribution in [0, 0.1) is 0 Å². The van der Waals surface area contributed by atoms with E-state index in [1.54, 1.807) is 42.5 Å². The number of hydrogen-bond acceptors (Lipinski definition) is 6. The summed E-state index contributed by atoms with van der Waals surface area (Å²) >= 11 is 0. The summed E-state index contributed by atoms with van der Waals surface area (Å²) in [7, 11) is 2.52. The van der Waals surface area contributed by atoms with Gasteiger partial charge in [-0.25, -0.2) is 0 Å². The first-order valence-corrected chi connectivity index (χ1v) is 7.04. The molecule has 6 nitrogen and oxygen atoms in total. The van der Waals surface area contributed by atoms with Gasteiger partial charge in [0, 0.05) is 19.8 Å². The van der Waals surface area contributed by atoms with Crippen LogP contribution in [0.15, 0.2) is 54.6 Å². The second-order valence-corrected chi connectivity index (χ2v) is 5.31. The van der Waals surface area contributed by atoms with Crippen LogP contribution in [0.2, 0.25) is 0 Å². The van der Waals surface area contributed by atoms with Gasteiger partial charge < -0.3 is 29.5 Å². The third-order valence-corrected chi connectivity index (χ3v) is 4.17. The monoisotopic (exact) mass is 318 g/mol. The molecule has 0 saturated heterocycles. The fourth-order valence-electron chi connectivity index (χ4n) is 2.98. The molecule has 1 unspecified atom stereocenters. The molecule has 1 atom stereocenters. The summed E-state index contributed by atoms with van der Waals surface area (Å²) < 4.78 is 16.2. The molecule has 0 bridgehead atoms. The molecular formula is C17H18O6. The van der Waals surface area contributed by atoms with Crippen molar-refractivity contribution in [2.75, 3.05) is 14.2 Å². The summed E-state index contributed by atoms with van der Waals surface area (Å²) in [5.41, 5.74) is 0.411. The molecule has 1 aliphatic rings. The van der Waals surface area contributed by atoms with Crippen LogP contribution in [-0.4, -0.2) is 35.3 Å². The summed E-state index contributed by atoms with van der Waals surface area (Å²) in [6.45, 7) is 0. The highest BCUT2D eigenvalue weighted by atomic mass is 16.8. The Morgan fingerprint density at radius 3 is 2.00 bits per heavy atom. The minimum absolute atomic E-state index is 0.151. The second kappa shape index (κ2) is 5.30. The normalized spacial score (nSPS) is 24.6. The van der Waals surface area contributed by atoms with Crippen LogP contribution >= 0.6 is 0 Å². The molecule has 0 amide bonds. The van der Waals surface area contributed by atoms with Crippen LogP contribution < -0.4 is 4.74 Å². The molecule has 122 valence electrons. The average Bonchev–Trinajstić information content (AvgIpc) is 2.57. The standard InChI is InChI=1S/C17H18O6/c1-21-16(22-2)13-10-6-7-11-14(13)23-15(18,17(16,19)20)12-8-4-3-5-9-12/h3-11,18-20H,1-2H3. The average molecular weight is 318 g/mol. The van der Waals surface area contributed by atoms with Gasteiger partial charge in [-0.2, -0.15) is 0 Å². The molecule has 6 heteroatoms. The maximum atomic E-state index is 11.0. The van der Waals surface area contributed by atoms with Gasteiger partial charge in [-0.1, -0.05) is 42.5 Å². The van der Waals surface area contributed by atoms with Gasteiger partial charge in [0.1, 0.15) is 5.75 Å². The predicted molar refractivity (Wildman–Crippen MR) is 80.3 cm³/mol. The van der Waals surface area contributed by atoms with Gasteiger partial charge in [-0.3, -0.25) is 0 Å². The van der Waals surface area contributed by atoms with Crippen molar-refractivity contribution in [3.63, 3.8) is 0 Å². The zero-order chi connectivity index (χ0) is 16.7. The number of rotatable bonds is 3. The van der Waals surface area contributed by atoms with Crippen molar-refractivity contribution in [2.24, 2.45) is 0 Å². The van der Waals surface area contributed by atoms with Crippen molar-refractivity contribution < 1.29 is 29.5 Å². The van der Waals surface area contributed by atoms with Crippen LogP contribution in [0.25, 0.3) is 0 Å². The van der Waals surface area contributed by atoms with Gasteiger partial charge in [0.25, 0.3) is 17.4 Å². The van der Waals surface area contributed by atoms with E-state index in [0.717, 1.165) is 0 Å². The molecular weight excluding hydrogens is 300 g/mol. The van der Waals surface area contributed by atoms with E-state index in [1.165, 1.54) is 26.4 Å². The first-order valence-electron chi connectivity index (χ1n) is 7.04. The molecule has 0 saturated carbocycles. The van der Waals surface area contributed by atoms with Crippen molar-refractivity contribution in [1.29, 1.82) is 0 Å². The van der Waals surface area contributed by atoms with E-state index in [1.807, 2.05) is 0 Å². The Morgan fingerprint density at radius 2 is 1.39 bits per heavy atom. The highest BCUT2D eigenvalue weighted by molar-refractivity contribution is 5.44. The van der Waals surface area contributed by atoms with E-state index in [0.29, 0.717) is 0 Å². The van der Waals surface area contributed by atoms with Crippen LogP contribution in [0.5, 0.6) is 5.75 Å². The minimum Gasteiger partial charge on any atom is -0.452 e. The van der Waals surface area contributed by atoms with Gasteiger partial charge in [0.2, 0.25) is 0 Å². The topological polar surface area (TPSA) is 88.4 Å². The number of benzene rings is 2. The molecule has 0 aliphatic carbocycles. The smallest absolute Gasteiger partial charge is 0.296 e. The molecule has 1 heterocycles.